The molecule has 172 valence electrons. The van der Waals surface area contributed by atoms with Crippen molar-refractivity contribution in [2.45, 2.75) is 42.7 Å². The van der Waals surface area contributed by atoms with Crippen molar-refractivity contribution in [1.29, 1.82) is 0 Å². The number of pyridine rings is 1. The fourth-order valence-corrected chi connectivity index (χ4v) is 6.35. The zero-order valence-corrected chi connectivity index (χ0v) is 20.2. The number of hydrogen-bond donors (Lipinski definition) is 0. The van der Waals surface area contributed by atoms with Gasteiger partial charge in [0.25, 0.3) is 10.0 Å². The highest BCUT2D eigenvalue weighted by molar-refractivity contribution is 7.92. The van der Waals surface area contributed by atoms with E-state index in [4.69, 9.17) is 0 Å². The fraction of sp³-hybridized carbons (Fsp3) is 0.208. The Hall–Kier alpha value is -3.04. The van der Waals surface area contributed by atoms with Crippen LogP contribution in [0.5, 0.6) is 0 Å². The van der Waals surface area contributed by atoms with Gasteiger partial charge in [0.1, 0.15) is 5.82 Å². The van der Waals surface area contributed by atoms with Crippen molar-refractivity contribution in [3.05, 3.63) is 77.9 Å². The Morgan fingerprint density at radius 2 is 1.61 bits per heavy atom. The molecule has 0 amide bonds. The van der Waals surface area contributed by atoms with Gasteiger partial charge < -0.3 is 0 Å². The van der Waals surface area contributed by atoms with Gasteiger partial charge in [-0.1, -0.05) is 18.2 Å². The van der Waals surface area contributed by atoms with E-state index in [2.05, 4.69) is 4.98 Å². The first-order valence-electron chi connectivity index (χ1n) is 10.3. The molecule has 0 aliphatic heterocycles. The molecule has 0 fully saturated rings. The van der Waals surface area contributed by atoms with Crippen LogP contribution in [-0.2, 0) is 19.9 Å². The summed E-state index contributed by atoms with van der Waals surface area (Å²) in [6.45, 7) is 6.50. The minimum absolute atomic E-state index is 0.00322. The van der Waals surface area contributed by atoms with Crippen molar-refractivity contribution in [3.8, 4) is 11.1 Å². The second-order valence-corrected chi connectivity index (χ2v) is 12.5. The summed E-state index contributed by atoms with van der Waals surface area (Å²) >= 11 is 0. The maximum Gasteiger partial charge on any atom is 0.269 e. The molecule has 6 nitrogen and oxygen atoms in total. The Kier molecular flexibility index (Phi) is 5.66. The average molecular weight is 487 g/mol. The number of aryl methyl sites for hydroxylation is 2. The molecule has 33 heavy (non-hydrogen) atoms. The lowest BCUT2D eigenvalue weighted by Crippen LogP contribution is -2.14. The van der Waals surface area contributed by atoms with Crippen molar-refractivity contribution in [2.75, 3.05) is 0 Å². The summed E-state index contributed by atoms with van der Waals surface area (Å²) in [6.07, 6.45) is 1.38. The van der Waals surface area contributed by atoms with Crippen LogP contribution in [-0.4, -0.2) is 31.0 Å². The van der Waals surface area contributed by atoms with Crippen LogP contribution in [0.25, 0.3) is 22.2 Å². The molecule has 2 heterocycles. The summed E-state index contributed by atoms with van der Waals surface area (Å²) in [6, 6.07) is 13.5. The first-order chi connectivity index (χ1) is 15.4. The first-order valence-corrected chi connectivity index (χ1v) is 13.3. The Morgan fingerprint density at radius 3 is 2.27 bits per heavy atom. The molecule has 2 aromatic carbocycles. The van der Waals surface area contributed by atoms with E-state index >= 15 is 0 Å². The van der Waals surface area contributed by atoms with E-state index in [1.165, 1.54) is 24.4 Å². The van der Waals surface area contributed by atoms with Gasteiger partial charge in [0.05, 0.1) is 15.0 Å². The van der Waals surface area contributed by atoms with Gasteiger partial charge in [0.2, 0.25) is 0 Å². The van der Waals surface area contributed by atoms with Crippen LogP contribution >= 0.6 is 0 Å². The van der Waals surface area contributed by atoms with Crippen LogP contribution in [0.3, 0.4) is 0 Å². The maximum atomic E-state index is 14.9. The molecule has 0 N–H and O–H groups in total. The van der Waals surface area contributed by atoms with Crippen LogP contribution in [0, 0.1) is 19.7 Å². The van der Waals surface area contributed by atoms with Gasteiger partial charge in [0.15, 0.2) is 15.5 Å². The van der Waals surface area contributed by atoms with Crippen molar-refractivity contribution in [2.24, 2.45) is 0 Å². The lowest BCUT2D eigenvalue weighted by Gasteiger charge is -2.13. The van der Waals surface area contributed by atoms with E-state index in [9.17, 15) is 21.2 Å². The molecule has 0 atom stereocenters. The number of sulfone groups is 1. The van der Waals surface area contributed by atoms with Gasteiger partial charge in [-0.2, -0.15) is 0 Å². The van der Waals surface area contributed by atoms with Crippen LogP contribution in [0.15, 0.2) is 70.6 Å². The molecule has 0 bridgehead atoms. The van der Waals surface area contributed by atoms with Crippen LogP contribution < -0.4 is 0 Å². The lowest BCUT2D eigenvalue weighted by molar-refractivity contribution is 0.585. The number of nitrogens with zero attached hydrogens (tertiary/aromatic N) is 2. The second kappa shape index (κ2) is 8.07. The molecule has 0 unspecified atom stereocenters. The normalized spacial score (nSPS) is 12.5. The summed E-state index contributed by atoms with van der Waals surface area (Å²) in [4.78, 5) is 4.56. The summed E-state index contributed by atoms with van der Waals surface area (Å²) in [5, 5.41) is -0.272. The highest BCUT2D eigenvalue weighted by atomic mass is 32.2. The number of hydrogen-bond acceptors (Lipinski definition) is 5. The van der Waals surface area contributed by atoms with Crippen LogP contribution in [0.1, 0.15) is 25.1 Å². The predicted octanol–water partition coefficient (Wildman–Crippen LogP) is 4.88. The van der Waals surface area contributed by atoms with Crippen molar-refractivity contribution >= 4 is 30.9 Å². The summed E-state index contributed by atoms with van der Waals surface area (Å²) in [5.41, 5.74) is 1.64. The molecular formula is C24H23FN2O4S2. The molecule has 0 radical (unpaired) electrons. The Morgan fingerprint density at radius 1 is 0.909 bits per heavy atom. The summed E-state index contributed by atoms with van der Waals surface area (Å²) in [5.74, 6) is -0.612. The van der Waals surface area contributed by atoms with E-state index in [0.29, 0.717) is 22.2 Å². The molecule has 2 aromatic heterocycles. The van der Waals surface area contributed by atoms with E-state index in [-0.39, 0.29) is 21.0 Å². The molecular weight excluding hydrogens is 463 g/mol. The highest BCUT2D eigenvalue weighted by Crippen LogP contribution is 2.34. The molecule has 0 aliphatic carbocycles. The predicted molar refractivity (Wildman–Crippen MR) is 126 cm³/mol. The van der Waals surface area contributed by atoms with E-state index in [0.717, 1.165) is 10.0 Å². The SMILES string of the molecule is Cc1cc(-c2cc(S(=O)(=O)C(C)C)ccc2F)c2ccn(S(=O)(=O)c3ccccc3C)c2n1. The largest absolute Gasteiger partial charge is 0.269 e. The average Bonchev–Trinajstić information content (AvgIpc) is 3.18. The van der Waals surface area contributed by atoms with E-state index < -0.39 is 30.9 Å². The molecule has 0 saturated heterocycles. The molecule has 4 aromatic rings. The first kappa shape index (κ1) is 23.1. The number of aromatic nitrogens is 2. The number of rotatable bonds is 5. The maximum absolute atomic E-state index is 14.9. The Bertz CT molecular complexity index is 1600. The van der Waals surface area contributed by atoms with E-state index in [1.54, 1.807) is 58.0 Å². The summed E-state index contributed by atoms with van der Waals surface area (Å²) < 4.78 is 68.1. The third-order valence-electron chi connectivity index (χ3n) is 5.56. The van der Waals surface area contributed by atoms with Gasteiger partial charge >= 0.3 is 0 Å². The lowest BCUT2D eigenvalue weighted by atomic mass is 10.0. The van der Waals surface area contributed by atoms with Crippen LogP contribution in [0.4, 0.5) is 4.39 Å². The molecule has 9 heteroatoms. The minimum Gasteiger partial charge on any atom is -0.234 e. The third kappa shape index (κ3) is 3.85. The van der Waals surface area contributed by atoms with Crippen molar-refractivity contribution < 1.29 is 21.2 Å². The minimum atomic E-state index is -3.96. The molecule has 0 aliphatic rings. The van der Waals surface area contributed by atoms with Gasteiger partial charge in [-0.3, -0.25) is 0 Å². The zero-order valence-electron chi connectivity index (χ0n) is 18.6. The van der Waals surface area contributed by atoms with Crippen LogP contribution in [0.2, 0.25) is 0 Å². The quantitative estimate of drug-likeness (QED) is 0.375. The third-order valence-corrected chi connectivity index (χ3v) is 9.54. The standard InChI is InChI=1S/C24H23FN2O4S2/c1-15(2)32(28,29)18-9-10-22(25)21(14-18)20-13-17(4)26-24-19(20)11-12-27(24)33(30,31)23-8-6-5-7-16(23)3/h5-15H,1-4H3. The van der Waals surface area contributed by atoms with Gasteiger partial charge in [-0.05, 0) is 75.2 Å². The zero-order chi connectivity index (χ0) is 24.1. The summed E-state index contributed by atoms with van der Waals surface area (Å²) in [7, 11) is -7.59. The number of fused-ring (bicyclic) bond motifs is 1. The topological polar surface area (TPSA) is 86.1 Å². The number of halogens is 1. The molecule has 4 rings (SSSR count). The van der Waals surface area contributed by atoms with Gasteiger partial charge in [0, 0.05) is 22.8 Å². The van der Waals surface area contributed by atoms with E-state index in [1.807, 2.05) is 0 Å². The fourth-order valence-electron chi connectivity index (χ4n) is 3.74. The molecule has 0 saturated carbocycles. The van der Waals surface area contributed by atoms with Gasteiger partial charge in [-0.15, -0.1) is 0 Å². The monoisotopic (exact) mass is 486 g/mol. The van der Waals surface area contributed by atoms with Crippen molar-refractivity contribution in [1.82, 2.24) is 8.96 Å². The van der Waals surface area contributed by atoms with Crippen molar-refractivity contribution in [3.63, 3.8) is 0 Å². The molecule has 0 spiro atoms. The Labute approximate surface area is 192 Å². The number of benzene rings is 2. The smallest absolute Gasteiger partial charge is 0.234 e. The second-order valence-electron chi connectivity index (χ2n) is 8.17. The van der Waals surface area contributed by atoms with Gasteiger partial charge in [-0.25, -0.2) is 30.2 Å². The highest BCUT2D eigenvalue weighted by Gasteiger charge is 2.25. The Balaban J connectivity index is 1.99.